The van der Waals surface area contributed by atoms with E-state index in [0.717, 1.165) is 12.8 Å². The summed E-state index contributed by atoms with van der Waals surface area (Å²) in [7, 11) is 0. The van der Waals surface area contributed by atoms with E-state index in [1.165, 1.54) is 0 Å². The predicted octanol–water partition coefficient (Wildman–Crippen LogP) is 4.05. The van der Waals surface area contributed by atoms with Crippen LogP contribution in [-0.4, -0.2) is 12.6 Å². The Hall–Kier alpha value is 0.0934. The Labute approximate surface area is 121 Å². The maximum absolute atomic E-state index is 11.1. The molecule has 0 amide bonds. The van der Waals surface area contributed by atoms with E-state index in [1.54, 1.807) is 0 Å². The fraction of sp³-hybridized carbons (Fsp3) is 0.786. The Morgan fingerprint density at radius 1 is 1.12 bits per heavy atom. The SMILES string of the molecule is [CH2-]C(C)(C)C.[CH2-]CCCOC(=O)C(C)(C)C.[Zn+2]. The Balaban J connectivity index is -0.000000280. The second-order valence-electron chi connectivity index (χ2n) is 6.15. The van der Waals surface area contributed by atoms with Gasteiger partial charge in [-0.05, 0) is 27.2 Å². The van der Waals surface area contributed by atoms with Crippen molar-refractivity contribution < 1.29 is 29.0 Å². The fourth-order valence-electron chi connectivity index (χ4n) is 0.483. The molecule has 0 atom stereocenters. The smallest absolute Gasteiger partial charge is 0.465 e. The average molecular weight is 294 g/mol. The zero-order chi connectivity index (χ0) is 13.4. The summed E-state index contributed by atoms with van der Waals surface area (Å²) in [6, 6.07) is 0. The van der Waals surface area contributed by atoms with Gasteiger partial charge in [-0.25, -0.2) is 0 Å². The second kappa shape index (κ2) is 10.1. The predicted molar refractivity (Wildman–Crippen MR) is 69.8 cm³/mol. The first-order valence-corrected chi connectivity index (χ1v) is 5.80. The van der Waals surface area contributed by atoms with Gasteiger partial charge in [0.2, 0.25) is 0 Å². The van der Waals surface area contributed by atoms with Gasteiger partial charge in [-0.1, -0.05) is 20.8 Å². The summed E-state index contributed by atoms with van der Waals surface area (Å²) >= 11 is 0. The molecule has 0 heterocycles. The molecular formula is C14H28O2Zn. The molecule has 0 aliphatic carbocycles. The zero-order valence-corrected chi connectivity index (χ0v) is 15.5. The van der Waals surface area contributed by atoms with Crippen molar-refractivity contribution in [2.24, 2.45) is 10.8 Å². The molecule has 0 fully saturated rings. The summed E-state index contributed by atoms with van der Waals surface area (Å²) < 4.78 is 4.97. The fourth-order valence-corrected chi connectivity index (χ4v) is 0.483. The molecule has 0 aliphatic rings. The standard InChI is InChI=1S/C9H17O2.C5H11.Zn/c1-5-6-7-11-8(10)9(2,3)4;1-5(2,3)4;/h1,5-7H2,2-4H3;1H2,2-4H3;/q2*-1;+2. The van der Waals surface area contributed by atoms with Crippen LogP contribution in [0.15, 0.2) is 0 Å². The quantitative estimate of drug-likeness (QED) is 0.339. The molecule has 0 rings (SSSR count). The van der Waals surface area contributed by atoms with E-state index in [0.29, 0.717) is 6.61 Å². The van der Waals surface area contributed by atoms with Gasteiger partial charge in [0.05, 0.1) is 12.0 Å². The summed E-state index contributed by atoms with van der Waals surface area (Å²) in [6.07, 6.45) is 1.67. The first-order valence-electron chi connectivity index (χ1n) is 5.80. The van der Waals surface area contributed by atoms with Crippen molar-refractivity contribution in [1.82, 2.24) is 0 Å². The van der Waals surface area contributed by atoms with Crippen molar-refractivity contribution in [2.75, 3.05) is 6.61 Å². The molecule has 0 saturated carbocycles. The normalized spacial score (nSPS) is 10.8. The van der Waals surface area contributed by atoms with Crippen molar-refractivity contribution >= 4 is 5.97 Å². The molecule has 98 valence electrons. The molecule has 0 saturated heterocycles. The number of esters is 1. The minimum absolute atomic E-state index is 0. The molecular weight excluding hydrogens is 266 g/mol. The molecule has 0 radical (unpaired) electrons. The Morgan fingerprint density at radius 2 is 1.47 bits per heavy atom. The number of carbonyl (C=O) groups excluding carboxylic acids is 1. The third-order valence-electron chi connectivity index (χ3n) is 1.24. The molecule has 0 bridgehead atoms. The van der Waals surface area contributed by atoms with Crippen LogP contribution >= 0.6 is 0 Å². The van der Waals surface area contributed by atoms with Gasteiger partial charge < -0.3 is 18.6 Å². The second-order valence-corrected chi connectivity index (χ2v) is 6.15. The molecule has 0 aromatic rings. The van der Waals surface area contributed by atoms with Crippen LogP contribution in [0.2, 0.25) is 0 Å². The van der Waals surface area contributed by atoms with Gasteiger partial charge in [-0.2, -0.15) is 11.8 Å². The molecule has 0 aromatic heterocycles. The molecule has 0 aromatic carbocycles. The van der Waals surface area contributed by atoms with Crippen LogP contribution in [-0.2, 0) is 29.0 Å². The van der Waals surface area contributed by atoms with E-state index in [9.17, 15) is 4.79 Å². The van der Waals surface area contributed by atoms with Crippen LogP contribution in [0.1, 0.15) is 54.4 Å². The Bertz CT molecular complexity index is 181. The number of carbonyl (C=O) groups is 1. The number of hydrogen-bond acceptors (Lipinski definition) is 2. The first kappa shape index (κ1) is 22.3. The van der Waals surface area contributed by atoms with Gasteiger partial charge in [0, 0.05) is 0 Å². The third-order valence-corrected chi connectivity index (χ3v) is 1.24. The maximum atomic E-state index is 11.1. The first-order chi connectivity index (χ1) is 6.98. The monoisotopic (exact) mass is 292 g/mol. The Morgan fingerprint density at radius 3 is 1.71 bits per heavy atom. The maximum Gasteiger partial charge on any atom is 2.00 e. The van der Waals surface area contributed by atoms with Crippen LogP contribution in [0.4, 0.5) is 0 Å². The molecule has 17 heavy (non-hydrogen) atoms. The van der Waals surface area contributed by atoms with Gasteiger partial charge in [0.1, 0.15) is 0 Å². The van der Waals surface area contributed by atoms with E-state index in [2.05, 4.69) is 34.6 Å². The molecule has 2 nitrogen and oxygen atoms in total. The topological polar surface area (TPSA) is 26.3 Å². The summed E-state index contributed by atoms with van der Waals surface area (Å²) in [5.41, 5.74) is -0.124. The van der Waals surface area contributed by atoms with Crippen LogP contribution in [0.3, 0.4) is 0 Å². The molecule has 0 spiro atoms. The van der Waals surface area contributed by atoms with Gasteiger partial charge in [0.15, 0.2) is 0 Å². The minimum atomic E-state index is -0.374. The van der Waals surface area contributed by atoms with Crippen LogP contribution in [0.25, 0.3) is 0 Å². The average Bonchev–Trinajstić information content (AvgIpc) is 1.99. The van der Waals surface area contributed by atoms with Gasteiger partial charge in [-0.3, -0.25) is 4.79 Å². The number of unbranched alkanes of at least 4 members (excludes halogenated alkanes) is 1. The molecule has 0 unspecified atom stereocenters. The van der Waals surface area contributed by atoms with E-state index >= 15 is 0 Å². The third kappa shape index (κ3) is 26.0. The van der Waals surface area contributed by atoms with E-state index in [1.807, 2.05) is 20.8 Å². The Kier molecular flexibility index (Phi) is 13.2. The van der Waals surface area contributed by atoms with E-state index in [-0.39, 0.29) is 36.3 Å². The van der Waals surface area contributed by atoms with E-state index < -0.39 is 0 Å². The van der Waals surface area contributed by atoms with E-state index in [4.69, 9.17) is 4.74 Å². The van der Waals surface area contributed by atoms with Crippen molar-refractivity contribution in [3.8, 4) is 0 Å². The van der Waals surface area contributed by atoms with Crippen molar-refractivity contribution in [3.05, 3.63) is 13.8 Å². The van der Waals surface area contributed by atoms with Crippen LogP contribution < -0.4 is 0 Å². The number of rotatable bonds is 3. The van der Waals surface area contributed by atoms with Crippen molar-refractivity contribution in [3.63, 3.8) is 0 Å². The summed E-state index contributed by atoms with van der Waals surface area (Å²) in [5.74, 6) is -0.133. The number of hydrogen-bond donors (Lipinski definition) is 0. The summed E-state index contributed by atoms with van der Waals surface area (Å²) in [4.78, 5) is 11.1. The van der Waals surface area contributed by atoms with Crippen LogP contribution in [0.5, 0.6) is 0 Å². The minimum Gasteiger partial charge on any atom is -0.465 e. The van der Waals surface area contributed by atoms with Gasteiger partial charge in [-0.15, -0.1) is 0 Å². The van der Waals surface area contributed by atoms with Gasteiger partial charge >= 0.3 is 25.4 Å². The molecule has 3 heteroatoms. The summed E-state index contributed by atoms with van der Waals surface area (Å²) in [5, 5.41) is 0. The van der Waals surface area contributed by atoms with Crippen LogP contribution in [0, 0.1) is 24.7 Å². The summed E-state index contributed by atoms with van der Waals surface area (Å²) in [6.45, 7) is 19.7. The zero-order valence-electron chi connectivity index (χ0n) is 12.6. The largest absolute Gasteiger partial charge is 2.00 e. The van der Waals surface area contributed by atoms with Crippen molar-refractivity contribution in [1.29, 1.82) is 0 Å². The molecule has 0 aliphatic heterocycles. The van der Waals surface area contributed by atoms with Gasteiger partial charge in [0.25, 0.3) is 0 Å². The molecule has 0 N–H and O–H groups in total. The number of ether oxygens (including phenoxy) is 1. The van der Waals surface area contributed by atoms with Crippen molar-refractivity contribution in [2.45, 2.75) is 54.4 Å².